The molecule has 2 amide bonds. The molecule has 0 unspecified atom stereocenters. The summed E-state index contributed by atoms with van der Waals surface area (Å²) in [4.78, 5) is 27.7. The van der Waals surface area contributed by atoms with Crippen LogP contribution in [0.5, 0.6) is 0 Å². The predicted octanol–water partition coefficient (Wildman–Crippen LogP) is 6.79. The summed E-state index contributed by atoms with van der Waals surface area (Å²) in [5.74, 6) is -1.17. The molecule has 1 aliphatic rings. The van der Waals surface area contributed by atoms with Crippen molar-refractivity contribution in [3.8, 4) is 0 Å². The van der Waals surface area contributed by atoms with Crippen molar-refractivity contribution >= 4 is 86.6 Å². The number of nitrogens with one attached hydrogen (secondary N) is 1. The maximum atomic E-state index is 13.6. The number of benzene rings is 3. The zero-order chi connectivity index (χ0) is 25.6. The van der Waals surface area contributed by atoms with Gasteiger partial charge in [0, 0.05) is 33.7 Å². The Labute approximate surface area is 227 Å². The molecule has 0 atom stereocenters. The summed E-state index contributed by atoms with van der Waals surface area (Å²) in [6, 6.07) is 20.4. The van der Waals surface area contributed by atoms with Crippen molar-refractivity contribution in [2.75, 3.05) is 4.90 Å². The fraction of sp³-hybridized carbons (Fsp3) is 0.0741. The number of fused-ring (bicyclic) bond motifs is 1. The summed E-state index contributed by atoms with van der Waals surface area (Å²) in [6.07, 6.45) is 1.60. The lowest BCUT2D eigenvalue weighted by Gasteiger charge is -2.29. The molecule has 1 aliphatic heterocycles. The zero-order valence-corrected chi connectivity index (χ0v) is 22.0. The van der Waals surface area contributed by atoms with Crippen molar-refractivity contribution in [2.45, 2.75) is 13.5 Å². The van der Waals surface area contributed by atoms with Crippen molar-refractivity contribution in [1.82, 2.24) is 9.88 Å². The van der Waals surface area contributed by atoms with E-state index >= 15 is 0 Å². The Kier molecular flexibility index (Phi) is 6.62. The number of carbonyl (C=O) groups is 2. The molecule has 0 radical (unpaired) electrons. The second kappa shape index (κ2) is 9.71. The first-order valence-electron chi connectivity index (χ1n) is 10.9. The van der Waals surface area contributed by atoms with Gasteiger partial charge >= 0.3 is 0 Å². The fourth-order valence-corrected chi connectivity index (χ4v) is 5.18. The summed E-state index contributed by atoms with van der Waals surface area (Å²) in [7, 11) is 0. The summed E-state index contributed by atoms with van der Waals surface area (Å²) >= 11 is 24.3. The van der Waals surface area contributed by atoms with E-state index in [4.69, 9.17) is 47.0 Å². The van der Waals surface area contributed by atoms with Crippen LogP contribution in [0.4, 0.5) is 5.69 Å². The first-order valence-corrected chi connectivity index (χ1v) is 12.5. The predicted molar refractivity (Wildman–Crippen MR) is 150 cm³/mol. The average Bonchev–Trinajstić information content (AvgIpc) is 3.11. The van der Waals surface area contributed by atoms with Crippen molar-refractivity contribution < 1.29 is 9.59 Å². The van der Waals surface area contributed by atoms with Crippen LogP contribution < -0.4 is 10.2 Å². The average molecular weight is 555 g/mol. The van der Waals surface area contributed by atoms with E-state index in [-0.39, 0.29) is 20.7 Å². The SMILES string of the molecule is Cc1c(/C=C2\C(=O)NC(=S)N(c3cccc(Cl)c3Cl)C2=O)c2ccccc2n1Cc1ccccc1Cl. The van der Waals surface area contributed by atoms with E-state index in [2.05, 4.69) is 9.88 Å². The van der Waals surface area contributed by atoms with Crippen LogP contribution in [0, 0.1) is 6.92 Å². The quantitative estimate of drug-likeness (QED) is 0.172. The number of thiocarbonyl (C=S) groups is 1. The molecule has 0 aliphatic carbocycles. The van der Waals surface area contributed by atoms with Crippen LogP contribution in [0.2, 0.25) is 15.1 Å². The number of hydrogen-bond acceptors (Lipinski definition) is 3. The summed E-state index contributed by atoms with van der Waals surface area (Å²) in [6.45, 7) is 2.48. The Morgan fingerprint density at radius 2 is 1.61 bits per heavy atom. The molecular weight excluding hydrogens is 537 g/mol. The Bertz CT molecular complexity index is 1610. The highest BCUT2D eigenvalue weighted by molar-refractivity contribution is 7.80. The van der Waals surface area contributed by atoms with Gasteiger partial charge in [0.15, 0.2) is 5.11 Å². The van der Waals surface area contributed by atoms with Gasteiger partial charge in [-0.05, 0) is 55.0 Å². The van der Waals surface area contributed by atoms with Crippen molar-refractivity contribution in [3.63, 3.8) is 0 Å². The molecular formula is C27H18Cl3N3O2S. The smallest absolute Gasteiger partial charge is 0.270 e. The van der Waals surface area contributed by atoms with Gasteiger partial charge in [-0.2, -0.15) is 0 Å². The van der Waals surface area contributed by atoms with E-state index in [1.165, 1.54) is 4.90 Å². The topological polar surface area (TPSA) is 54.3 Å². The number of anilines is 1. The molecule has 36 heavy (non-hydrogen) atoms. The molecule has 1 N–H and O–H groups in total. The molecule has 2 heterocycles. The highest BCUT2D eigenvalue weighted by Gasteiger charge is 2.36. The molecule has 1 aromatic heterocycles. The minimum absolute atomic E-state index is 0.0656. The summed E-state index contributed by atoms with van der Waals surface area (Å²) < 4.78 is 2.12. The van der Waals surface area contributed by atoms with Gasteiger partial charge in [0.05, 0.1) is 15.7 Å². The molecule has 0 spiro atoms. The monoisotopic (exact) mass is 553 g/mol. The lowest BCUT2D eigenvalue weighted by Crippen LogP contribution is -2.54. The van der Waals surface area contributed by atoms with Crippen LogP contribution in [0.1, 0.15) is 16.8 Å². The van der Waals surface area contributed by atoms with Crippen LogP contribution >= 0.6 is 47.0 Å². The fourth-order valence-electron chi connectivity index (χ4n) is 4.33. The Hall–Kier alpha value is -3.16. The number of rotatable bonds is 4. The van der Waals surface area contributed by atoms with Gasteiger partial charge in [-0.1, -0.05) is 77.3 Å². The molecule has 3 aromatic carbocycles. The molecule has 5 rings (SSSR count). The molecule has 9 heteroatoms. The molecule has 1 saturated heterocycles. The standard InChI is InChI=1S/C27H18Cl3N3O2S/c1-15-18(17-8-3-5-11-22(17)32(15)14-16-7-2-4-9-20(16)28)13-19-25(34)31-27(36)33(26(19)35)23-12-6-10-21(29)24(23)30/h2-13H,14H2,1H3,(H,31,34,36)/b19-13+. The van der Waals surface area contributed by atoms with E-state index < -0.39 is 11.8 Å². The third-order valence-corrected chi connectivity index (χ3v) is 7.59. The van der Waals surface area contributed by atoms with Crippen molar-refractivity contribution in [3.05, 3.63) is 104 Å². The zero-order valence-electron chi connectivity index (χ0n) is 18.9. The summed E-state index contributed by atoms with van der Waals surface area (Å²) in [5.41, 5.74) is 3.77. The number of hydrogen-bond donors (Lipinski definition) is 1. The van der Waals surface area contributed by atoms with E-state index in [0.717, 1.165) is 27.7 Å². The van der Waals surface area contributed by atoms with E-state index in [1.54, 1.807) is 24.3 Å². The second-order valence-electron chi connectivity index (χ2n) is 8.22. The van der Waals surface area contributed by atoms with E-state index in [0.29, 0.717) is 17.3 Å². The third kappa shape index (κ3) is 4.20. The maximum absolute atomic E-state index is 13.6. The molecule has 4 aromatic rings. The number of amides is 2. The van der Waals surface area contributed by atoms with Gasteiger partial charge in [-0.15, -0.1) is 0 Å². The number of carbonyl (C=O) groups excluding carboxylic acids is 2. The van der Waals surface area contributed by atoms with Crippen molar-refractivity contribution in [2.24, 2.45) is 0 Å². The highest BCUT2D eigenvalue weighted by atomic mass is 35.5. The third-order valence-electron chi connectivity index (χ3n) is 6.13. The lowest BCUT2D eigenvalue weighted by atomic mass is 10.0. The van der Waals surface area contributed by atoms with Crippen LogP contribution in [0.3, 0.4) is 0 Å². The molecule has 0 bridgehead atoms. The van der Waals surface area contributed by atoms with Crippen LogP contribution in [0.25, 0.3) is 17.0 Å². The van der Waals surface area contributed by atoms with Crippen molar-refractivity contribution in [1.29, 1.82) is 0 Å². The van der Waals surface area contributed by atoms with Gasteiger partial charge < -0.3 is 4.57 Å². The van der Waals surface area contributed by atoms with E-state index in [1.807, 2.05) is 55.5 Å². The first-order chi connectivity index (χ1) is 17.3. The minimum atomic E-state index is -0.588. The Morgan fingerprint density at radius 1 is 0.917 bits per heavy atom. The van der Waals surface area contributed by atoms with Gasteiger partial charge in [-0.25, -0.2) is 0 Å². The number of aromatic nitrogens is 1. The van der Waals surface area contributed by atoms with Crippen LogP contribution in [0.15, 0.2) is 72.3 Å². The Morgan fingerprint density at radius 3 is 2.39 bits per heavy atom. The van der Waals surface area contributed by atoms with Gasteiger partial charge in [0.1, 0.15) is 5.57 Å². The largest absolute Gasteiger partial charge is 0.340 e. The number of nitrogens with zero attached hydrogens (tertiary/aromatic N) is 2. The van der Waals surface area contributed by atoms with Crippen LogP contribution in [-0.4, -0.2) is 21.5 Å². The second-order valence-corrected chi connectivity index (χ2v) is 9.80. The highest BCUT2D eigenvalue weighted by Crippen LogP contribution is 2.35. The minimum Gasteiger partial charge on any atom is -0.340 e. The molecule has 5 nitrogen and oxygen atoms in total. The normalized spacial score (nSPS) is 15.2. The maximum Gasteiger partial charge on any atom is 0.270 e. The molecule has 180 valence electrons. The Balaban J connectivity index is 1.64. The summed E-state index contributed by atoms with van der Waals surface area (Å²) in [5, 5.41) is 4.53. The number of para-hydroxylation sites is 1. The molecule has 1 fully saturated rings. The van der Waals surface area contributed by atoms with Crippen LogP contribution in [-0.2, 0) is 16.1 Å². The first kappa shape index (κ1) is 24.5. The van der Waals surface area contributed by atoms with E-state index in [9.17, 15) is 9.59 Å². The lowest BCUT2D eigenvalue weighted by molar-refractivity contribution is -0.122. The van der Waals surface area contributed by atoms with Gasteiger partial charge in [-0.3, -0.25) is 19.8 Å². The molecule has 0 saturated carbocycles. The van der Waals surface area contributed by atoms with Gasteiger partial charge in [0.2, 0.25) is 0 Å². The number of halogens is 3. The van der Waals surface area contributed by atoms with Gasteiger partial charge in [0.25, 0.3) is 11.8 Å².